The summed E-state index contributed by atoms with van der Waals surface area (Å²) in [5.41, 5.74) is 7.90. The van der Waals surface area contributed by atoms with E-state index in [1.807, 2.05) is 26.1 Å². The predicted molar refractivity (Wildman–Crippen MR) is 103 cm³/mol. The third-order valence-corrected chi connectivity index (χ3v) is 4.11. The highest BCUT2D eigenvalue weighted by Gasteiger charge is 2.15. The first-order chi connectivity index (χ1) is 12.4. The minimum atomic E-state index is 0.416. The van der Waals surface area contributed by atoms with Gasteiger partial charge in [0.1, 0.15) is 11.7 Å². The predicted octanol–water partition coefficient (Wildman–Crippen LogP) is 2.16. The molecule has 0 aliphatic carbocycles. The SMILES string of the molecule is CN=C(C)N(C)c1ncc(Cc2cc(OC)c(OC)c(OC)c2)c(N)n1. The minimum Gasteiger partial charge on any atom is -0.493 e. The lowest BCUT2D eigenvalue weighted by Gasteiger charge is -2.17. The van der Waals surface area contributed by atoms with Gasteiger partial charge in [-0.25, -0.2) is 4.98 Å². The zero-order chi connectivity index (χ0) is 19.3. The van der Waals surface area contributed by atoms with Crippen molar-refractivity contribution in [2.75, 3.05) is 46.1 Å². The summed E-state index contributed by atoms with van der Waals surface area (Å²) in [4.78, 5) is 14.7. The smallest absolute Gasteiger partial charge is 0.232 e. The maximum absolute atomic E-state index is 6.14. The van der Waals surface area contributed by atoms with E-state index in [-0.39, 0.29) is 0 Å². The molecule has 0 fully saturated rings. The van der Waals surface area contributed by atoms with Crippen molar-refractivity contribution < 1.29 is 14.2 Å². The summed E-state index contributed by atoms with van der Waals surface area (Å²) in [7, 11) is 8.30. The van der Waals surface area contributed by atoms with Crippen LogP contribution in [0.4, 0.5) is 11.8 Å². The molecule has 0 saturated heterocycles. The first-order valence-corrected chi connectivity index (χ1v) is 8.02. The van der Waals surface area contributed by atoms with E-state index < -0.39 is 0 Å². The molecule has 0 unspecified atom stereocenters. The van der Waals surface area contributed by atoms with Crippen LogP contribution in [0, 0.1) is 0 Å². The molecule has 0 aliphatic rings. The van der Waals surface area contributed by atoms with Gasteiger partial charge in [-0.15, -0.1) is 0 Å². The zero-order valence-electron chi connectivity index (χ0n) is 16.0. The molecule has 0 spiro atoms. The molecular weight excluding hydrogens is 334 g/mol. The van der Waals surface area contributed by atoms with E-state index in [1.54, 1.807) is 39.5 Å². The Labute approximate surface area is 153 Å². The van der Waals surface area contributed by atoms with Gasteiger partial charge < -0.3 is 24.8 Å². The Morgan fingerprint density at radius 3 is 2.23 bits per heavy atom. The second-order valence-corrected chi connectivity index (χ2v) is 5.62. The highest BCUT2D eigenvalue weighted by Crippen LogP contribution is 2.38. The second kappa shape index (κ2) is 8.37. The largest absolute Gasteiger partial charge is 0.493 e. The van der Waals surface area contributed by atoms with Gasteiger partial charge in [0.15, 0.2) is 11.5 Å². The monoisotopic (exact) mass is 359 g/mol. The fourth-order valence-electron chi connectivity index (χ4n) is 2.46. The van der Waals surface area contributed by atoms with E-state index in [2.05, 4.69) is 15.0 Å². The van der Waals surface area contributed by atoms with Crippen molar-refractivity contribution in [1.29, 1.82) is 0 Å². The lowest BCUT2D eigenvalue weighted by molar-refractivity contribution is 0.324. The number of methoxy groups -OCH3 is 3. The number of nitrogens with zero attached hydrogens (tertiary/aromatic N) is 4. The molecule has 0 radical (unpaired) electrons. The van der Waals surface area contributed by atoms with Crippen molar-refractivity contribution in [2.24, 2.45) is 4.99 Å². The Hall–Kier alpha value is -3.03. The summed E-state index contributed by atoms with van der Waals surface area (Å²) in [6.07, 6.45) is 2.26. The third kappa shape index (κ3) is 3.96. The first-order valence-electron chi connectivity index (χ1n) is 8.02. The fraction of sp³-hybridized carbons (Fsp3) is 0.389. The average Bonchev–Trinajstić information content (AvgIpc) is 2.67. The average molecular weight is 359 g/mol. The molecule has 140 valence electrons. The molecule has 1 heterocycles. The Balaban J connectivity index is 2.34. The van der Waals surface area contributed by atoms with E-state index in [4.69, 9.17) is 19.9 Å². The number of hydrogen-bond acceptors (Lipinski definition) is 7. The lowest BCUT2D eigenvalue weighted by Crippen LogP contribution is -2.25. The van der Waals surface area contributed by atoms with Crippen LogP contribution in [0.1, 0.15) is 18.1 Å². The summed E-state index contributed by atoms with van der Waals surface area (Å²) >= 11 is 0. The van der Waals surface area contributed by atoms with Crippen molar-refractivity contribution in [1.82, 2.24) is 9.97 Å². The van der Waals surface area contributed by atoms with Gasteiger partial charge in [-0.3, -0.25) is 4.99 Å². The van der Waals surface area contributed by atoms with E-state index in [9.17, 15) is 0 Å². The van der Waals surface area contributed by atoms with Gasteiger partial charge in [0, 0.05) is 32.3 Å². The van der Waals surface area contributed by atoms with E-state index in [0.29, 0.717) is 35.4 Å². The molecule has 2 rings (SSSR count). The van der Waals surface area contributed by atoms with Gasteiger partial charge in [0.2, 0.25) is 11.7 Å². The number of rotatable bonds is 6. The number of anilines is 2. The second-order valence-electron chi connectivity index (χ2n) is 5.62. The van der Waals surface area contributed by atoms with Gasteiger partial charge in [0.05, 0.1) is 21.3 Å². The molecule has 0 atom stereocenters. The van der Waals surface area contributed by atoms with Crippen molar-refractivity contribution in [2.45, 2.75) is 13.3 Å². The Morgan fingerprint density at radius 2 is 1.77 bits per heavy atom. The number of amidine groups is 1. The number of benzene rings is 1. The molecule has 26 heavy (non-hydrogen) atoms. The quantitative estimate of drug-likeness (QED) is 0.624. The Morgan fingerprint density at radius 1 is 1.15 bits per heavy atom. The van der Waals surface area contributed by atoms with Crippen LogP contribution in [0.15, 0.2) is 23.3 Å². The maximum atomic E-state index is 6.14. The van der Waals surface area contributed by atoms with Crippen molar-refractivity contribution in [3.8, 4) is 17.2 Å². The van der Waals surface area contributed by atoms with E-state index in [1.165, 1.54) is 0 Å². The van der Waals surface area contributed by atoms with Gasteiger partial charge >= 0.3 is 0 Å². The standard InChI is InChI=1S/C18H25N5O3/c1-11(20-2)23(3)18-21-10-13(17(19)22-18)7-12-8-14(24-4)16(26-6)15(9-12)25-5/h8-10H,7H2,1-6H3,(H2,19,21,22). The van der Waals surface area contributed by atoms with Crippen LogP contribution in [0.25, 0.3) is 0 Å². The summed E-state index contributed by atoms with van der Waals surface area (Å²) in [6, 6.07) is 3.77. The molecule has 1 aromatic heterocycles. The molecular formula is C18H25N5O3. The van der Waals surface area contributed by atoms with Gasteiger partial charge in [0.25, 0.3) is 0 Å². The van der Waals surface area contributed by atoms with E-state index in [0.717, 1.165) is 17.0 Å². The highest BCUT2D eigenvalue weighted by molar-refractivity contribution is 5.93. The summed E-state index contributed by atoms with van der Waals surface area (Å²) < 4.78 is 16.1. The molecule has 2 aromatic rings. The van der Waals surface area contributed by atoms with Gasteiger partial charge in [-0.1, -0.05) is 0 Å². The third-order valence-electron chi connectivity index (χ3n) is 4.11. The molecule has 2 N–H and O–H groups in total. The summed E-state index contributed by atoms with van der Waals surface area (Å²) in [5, 5.41) is 0. The molecule has 8 nitrogen and oxygen atoms in total. The molecule has 0 saturated carbocycles. The summed E-state index contributed by atoms with van der Waals surface area (Å²) in [5.74, 6) is 3.44. The molecule has 1 aromatic carbocycles. The minimum absolute atomic E-state index is 0.416. The lowest BCUT2D eigenvalue weighted by atomic mass is 10.1. The zero-order valence-corrected chi connectivity index (χ0v) is 16.0. The van der Waals surface area contributed by atoms with Crippen LogP contribution in [0.3, 0.4) is 0 Å². The van der Waals surface area contributed by atoms with E-state index >= 15 is 0 Å². The Kier molecular flexibility index (Phi) is 6.21. The van der Waals surface area contributed by atoms with Crippen LogP contribution < -0.4 is 24.8 Å². The first kappa shape index (κ1) is 19.3. The number of nitrogens with two attached hydrogens (primary N) is 1. The molecule has 0 aliphatic heterocycles. The topological polar surface area (TPSA) is 95.1 Å². The molecule has 0 bridgehead atoms. The van der Waals surface area contributed by atoms with Crippen molar-refractivity contribution in [3.63, 3.8) is 0 Å². The number of ether oxygens (including phenoxy) is 3. The summed E-state index contributed by atoms with van der Waals surface area (Å²) in [6.45, 7) is 1.88. The maximum Gasteiger partial charge on any atom is 0.232 e. The number of aromatic nitrogens is 2. The van der Waals surface area contributed by atoms with Crippen molar-refractivity contribution >= 4 is 17.6 Å². The highest BCUT2D eigenvalue weighted by atomic mass is 16.5. The Bertz CT molecular complexity index is 782. The van der Waals surface area contributed by atoms with Crippen LogP contribution in [0.2, 0.25) is 0 Å². The van der Waals surface area contributed by atoms with Crippen molar-refractivity contribution in [3.05, 3.63) is 29.5 Å². The van der Waals surface area contributed by atoms with Crippen LogP contribution >= 0.6 is 0 Å². The number of hydrogen-bond donors (Lipinski definition) is 1. The fourth-order valence-corrected chi connectivity index (χ4v) is 2.46. The molecule has 0 amide bonds. The normalized spacial score (nSPS) is 11.2. The van der Waals surface area contributed by atoms with Crippen LogP contribution in [0.5, 0.6) is 17.2 Å². The number of nitrogen functional groups attached to an aromatic ring is 1. The van der Waals surface area contributed by atoms with Gasteiger partial charge in [-0.05, 0) is 24.6 Å². The van der Waals surface area contributed by atoms with Gasteiger partial charge in [-0.2, -0.15) is 4.98 Å². The van der Waals surface area contributed by atoms with Crippen LogP contribution in [-0.2, 0) is 6.42 Å². The molecule has 8 heteroatoms. The van der Waals surface area contributed by atoms with Crippen LogP contribution in [-0.4, -0.2) is 51.2 Å². The number of aliphatic imine (C=N–C) groups is 1.